The van der Waals surface area contributed by atoms with E-state index in [1.165, 1.54) is 0 Å². The highest BCUT2D eigenvalue weighted by molar-refractivity contribution is 5.94. The Morgan fingerprint density at radius 3 is 2.57 bits per heavy atom. The van der Waals surface area contributed by atoms with Gasteiger partial charge in [0.15, 0.2) is 0 Å². The van der Waals surface area contributed by atoms with Gasteiger partial charge in [0, 0.05) is 24.7 Å². The van der Waals surface area contributed by atoms with Gasteiger partial charge in [0.2, 0.25) is 0 Å². The number of hydrogen-bond donors (Lipinski definition) is 1. The van der Waals surface area contributed by atoms with Crippen LogP contribution in [0.5, 0.6) is 5.75 Å². The van der Waals surface area contributed by atoms with Crippen molar-refractivity contribution in [3.05, 3.63) is 65.7 Å². The van der Waals surface area contributed by atoms with Crippen LogP contribution >= 0.6 is 0 Å². The Morgan fingerprint density at radius 2 is 1.91 bits per heavy atom. The number of carbonyl (C=O) groups excluding carboxylic acids is 1. The molecular formula is C19H22N2O2. The zero-order valence-corrected chi connectivity index (χ0v) is 13.4. The van der Waals surface area contributed by atoms with Gasteiger partial charge in [-0.25, -0.2) is 0 Å². The summed E-state index contributed by atoms with van der Waals surface area (Å²) in [5.41, 5.74) is 1.84. The van der Waals surface area contributed by atoms with Crippen molar-refractivity contribution >= 4 is 5.91 Å². The lowest BCUT2D eigenvalue weighted by Gasteiger charge is -2.16. The third kappa shape index (κ3) is 3.90. The number of carbonyl (C=O) groups is 1. The third-order valence-electron chi connectivity index (χ3n) is 4.23. The Balaban J connectivity index is 1.57. The highest BCUT2D eigenvalue weighted by Gasteiger charge is 2.25. The molecule has 1 heterocycles. The van der Waals surface area contributed by atoms with Crippen molar-refractivity contribution < 1.29 is 9.53 Å². The molecule has 0 bridgehead atoms. The van der Waals surface area contributed by atoms with Crippen LogP contribution in [0.25, 0.3) is 0 Å². The van der Waals surface area contributed by atoms with Gasteiger partial charge in [0.05, 0.1) is 0 Å². The first kappa shape index (κ1) is 15.6. The van der Waals surface area contributed by atoms with E-state index < -0.39 is 0 Å². The molecule has 1 saturated heterocycles. The van der Waals surface area contributed by atoms with E-state index in [9.17, 15) is 4.79 Å². The molecule has 0 aromatic heterocycles. The molecule has 1 aliphatic heterocycles. The van der Waals surface area contributed by atoms with Crippen molar-refractivity contribution in [2.24, 2.45) is 0 Å². The highest BCUT2D eigenvalue weighted by atomic mass is 16.5. The number of benzene rings is 2. The molecule has 1 unspecified atom stereocenters. The molecule has 4 nitrogen and oxygen atoms in total. The average Bonchev–Trinajstić information content (AvgIpc) is 3.10. The molecule has 1 atom stereocenters. The van der Waals surface area contributed by atoms with Gasteiger partial charge in [0.1, 0.15) is 12.4 Å². The molecule has 3 rings (SSSR count). The van der Waals surface area contributed by atoms with Gasteiger partial charge in [-0.1, -0.05) is 30.3 Å². The van der Waals surface area contributed by atoms with Crippen LogP contribution in [0, 0.1) is 0 Å². The molecule has 0 saturated carbocycles. The van der Waals surface area contributed by atoms with Gasteiger partial charge < -0.3 is 15.0 Å². The average molecular weight is 310 g/mol. The standard InChI is InChI=1S/C19H22N2O2/c1-20-17-11-12-21(13-17)19(22)16-7-9-18(10-8-16)23-14-15-5-3-2-4-6-15/h2-10,17,20H,11-14H2,1H3. The molecule has 2 aromatic carbocycles. The third-order valence-corrected chi connectivity index (χ3v) is 4.23. The molecule has 23 heavy (non-hydrogen) atoms. The van der Waals surface area contributed by atoms with E-state index in [0.717, 1.165) is 30.8 Å². The van der Waals surface area contributed by atoms with E-state index in [-0.39, 0.29) is 5.91 Å². The Bertz CT molecular complexity index is 640. The van der Waals surface area contributed by atoms with Crippen LogP contribution < -0.4 is 10.1 Å². The summed E-state index contributed by atoms with van der Waals surface area (Å²) in [4.78, 5) is 14.4. The summed E-state index contributed by atoms with van der Waals surface area (Å²) in [6.07, 6.45) is 1.01. The monoisotopic (exact) mass is 310 g/mol. The van der Waals surface area contributed by atoms with Crippen LogP contribution in [-0.4, -0.2) is 37.0 Å². The molecule has 2 aromatic rings. The van der Waals surface area contributed by atoms with Crippen molar-refractivity contribution in [3.63, 3.8) is 0 Å². The fourth-order valence-corrected chi connectivity index (χ4v) is 2.80. The number of hydrogen-bond acceptors (Lipinski definition) is 3. The maximum absolute atomic E-state index is 12.5. The minimum Gasteiger partial charge on any atom is -0.489 e. The molecule has 0 radical (unpaired) electrons. The minimum atomic E-state index is 0.0948. The number of rotatable bonds is 5. The number of nitrogens with zero attached hydrogens (tertiary/aromatic N) is 1. The van der Waals surface area contributed by atoms with Crippen LogP contribution in [0.4, 0.5) is 0 Å². The van der Waals surface area contributed by atoms with E-state index in [2.05, 4.69) is 5.32 Å². The smallest absolute Gasteiger partial charge is 0.253 e. The molecule has 120 valence electrons. The second kappa shape index (κ2) is 7.29. The quantitative estimate of drug-likeness (QED) is 0.923. The van der Waals surface area contributed by atoms with Crippen molar-refractivity contribution in [3.8, 4) is 5.75 Å². The zero-order valence-electron chi connectivity index (χ0n) is 13.4. The number of nitrogens with one attached hydrogen (secondary N) is 1. The summed E-state index contributed by atoms with van der Waals surface area (Å²) in [5, 5.41) is 3.23. The fraction of sp³-hybridized carbons (Fsp3) is 0.316. The maximum Gasteiger partial charge on any atom is 0.253 e. The van der Waals surface area contributed by atoms with E-state index in [0.29, 0.717) is 18.2 Å². The molecule has 4 heteroatoms. The normalized spacial score (nSPS) is 17.3. The maximum atomic E-state index is 12.5. The second-order valence-corrected chi connectivity index (χ2v) is 5.82. The van der Waals surface area contributed by atoms with Crippen molar-refractivity contribution in [1.82, 2.24) is 10.2 Å². The molecular weight excluding hydrogens is 288 g/mol. The zero-order chi connectivity index (χ0) is 16.1. The lowest BCUT2D eigenvalue weighted by molar-refractivity contribution is 0.0789. The molecule has 1 N–H and O–H groups in total. The molecule has 1 aliphatic rings. The van der Waals surface area contributed by atoms with Gasteiger partial charge in [-0.15, -0.1) is 0 Å². The van der Waals surface area contributed by atoms with Crippen molar-refractivity contribution in [1.29, 1.82) is 0 Å². The summed E-state index contributed by atoms with van der Waals surface area (Å²) in [5.74, 6) is 0.872. The SMILES string of the molecule is CNC1CCN(C(=O)c2ccc(OCc3ccccc3)cc2)C1. The van der Waals surface area contributed by atoms with Crippen LogP contribution in [0.15, 0.2) is 54.6 Å². The van der Waals surface area contributed by atoms with Crippen LogP contribution in [0.1, 0.15) is 22.3 Å². The molecule has 0 spiro atoms. The summed E-state index contributed by atoms with van der Waals surface area (Å²) in [7, 11) is 1.94. The van der Waals surface area contributed by atoms with E-state index in [1.807, 2.05) is 66.5 Å². The Morgan fingerprint density at radius 1 is 1.17 bits per heavy atom. The minimum absolute atomic E-state index is 0.0948. The predicted molar refractivity (Wildman–Crippen MR) is 90.6 cm³/mol. The number of likely N-dealkylation sites (N-methyl/N-ethyl adjacent to an activating group) is 1. The van der Waals surface area contributed by atoms with Gasteiger partial charge in [-0.3, -0.25) is 4.79 Å². The molecule has 1 fully saturated rings. The van der Waals surface area contributed by atoms with E-state index in [4.69, 9.17) is 4.74 Å². The first-order chi connectivity index (χ1) is 11.3. The molecule has 0 aliphatic carbocycles. The Kier molecular flexibility index (Phi) is 4.93. The van der Waals surface area contributed by atoms with Crippen LogP contribution in [0.2, 0.25) is 0 Å². The topological polar surface area (TPSA) is 41.6 Å². The van der Waals surface area contributed by atoms with E-state index in [1.54, 1.807) is 0 Å². The highest BCUT2D eigenvalue weighted by Crippen LogP contribution is 2.18. The predicted octanol–water partition coefficient (Wildman–Crippen LogP) is 2.70. The lowest BCUT2D eigenvalue weighted by atomic mass is 10.2. The largest absolute Gasteiger partial charge is 0.489 e. The Hall–Kier alpha value is -2.33. The van der Waals surface area contributed by atoms with Crippen molar-refractivity contribution in [2.75, 3.05) is 20.1 Å². The van der Waals surface area contributed by atoms with Crippen LogP contribution in [0.3, 0.4) is 0 Å². The van der Waals surface area contributed by atoms with E-state index >= 15 is 0 Å². The fourth-order valence-electron chi connectivity index (χ4n) is 2.80. The van der Waals surface area contributed by atoms with Gasteiger partial charge in [-0.2, -0.15) is 0 Å². The summed E-state index contributed by atoms with van der Waals surface area (Å²) >= 11 is 0. The lowest BCUT2D eigenvalue weighted by Crippen LogP contribution is -2.33. The second-order valence-electron chi connectivity index (χ2n) is 5.82. The van der Waals surface area contributed by atoms with Crippen LogP contribution in [-0.2, 0) is 6.61 Å². The summed E-state index contributed by atoms with van der Waals surface area (Å²) in [6.45, 7) is 2.13. The van der Waals surface area contributed by atoms with Crippen molar-refractivity contribution in [2.45, 2.75) is 19.1 Å². The Labute approximate surface area is 137 Å². The molecule has 1 amide bonds. The number of likely N-dealkylation sites (tertiary alicyclic amines) is 1. The first-order valence-corrected chi connectivity index (χ1v) is 7.99. The first-order valence-electron chi connectivity index (χ1n) is 7.99. The van der Waals surface area contributed by atoms with Gasteiger partial charge >= 0.3 is 0 Å². The van der Waals surface area contributed by atoms with Gasteiger partial charge in [0.25, 0.3) is 5.91 Å². The summed E-state index contributed by atoms with van der Waals surface area (Å²) < 4.78 is 5.75. The number of amides is 1. The van der Waals surface area contributed by atoms with Gasteiger partial charge in [-0.05, 0) is 43.3 Å². The number of ether oxygens (including phenoxy) is 1. The summed E-state index contributed by atoms with van der Waals surface area (Å²) in [6, 6.07) is 17.9.